The fraction of sp³-hybridized carbons (Fsp3) is 0.486. The lowest BCUT2D eigenvalue weighted by molar-refractivity contribution is -0.0295. The van der Waals surface area contributed by atoms with Crippen LogP contribution in [0.5, 0.6) is 5.75 Å². The summed E-state index contributed by atoms with van der Waals surface area (Å²) in [6, 6.07) is 21.1. The molecular formula is C37H48N2O4. The van der Waals surface area contributed by atoms with Crippen molar-refractivity contribution in [3.05, 3.63) is 94.0 Å². The number of likely N-dealkylation sites (tertiary alicyclic amines) is 1. The van der Waals surface area contributed by atoms with Crippen molar-refractivity contribution in [1.82, 2.24) is 4.90 Å². The highest BCUT2D eigenvalue weighted by molar-refractivity contribution is 5.88. The minimum Gasteiger partial charge on any atom is -0.487 e. The van der Waals surface area contributed by atoms with Crippen molar-refractivity contribution in [2.75, 3.05) is 25.0 Å². The van der Waals surface area contributed by atoms with Gasteiger partial charge in [0.05, 0.1) is 11.8 Å². The second-order valence-electron chi connectivity index (χ2n) is 13.5. The third-order valence-electron chi connectivity index (χ3n) is 8.93. The monoisotopic (exact) mass is 584 g/mol. The maximum Gasteiger partial charge on any atom is 0.412 e. The van der Waals surface area contributed by atoms with E-state index < -0.39 is 11.7 Å². The molecule has 1 amide bonds. The number of benzene rings is 3. The van der Waals surface area contributed by atoms with E-state index in [1.165, 1.54) is 16.7 Å². The first-order chi connectivity index (χ1) is 20.4. The van der Waals surface area contributed by atoms with Gasteiger partial charge >= 0.3 is 6.09 Å². The predicted octanol–water partition coefficient (Wildman–Crippen LogP) is 8.31. The summed E-state index contributed by atoms with van der Waals surface area (Å²) in [5, 5.41) is 3.02. The third-order valence-corrected chi connectivity index (χ3v) is 8.93. The molecule has 3 aromatic carbocycles. The standard InChI is InChI=1S/C37H48N2O4/c1-25-26(2)33-31(27(3)32(25)38-35(40)43-36(4,5)6)24-37(7,42-33)20-23-39-21-18-30(19-22-39)41-34(28-14-10-8-11-15-28)29-16-12-9-13-17-29/h8-17,30,34H,18-24H2,1-7H3,(H,38,40). The molecule has 0 aliphatic carbocycles. The lowest BCUT2D eigenvalue weighted by atomic mass is 9.90. The molecule has 43 heavy (non-hydrogen) atoms. The Labute approximate surface area is 257 Å². The molecule has 1 fully saturated rings. The van der Waals surface area contributed by atoms with Gasteiger partial charge in [0, 0.05) is 31.6 Å². The minimum atomic E-state index is -0.550. The fourth-order valence-corrected chi connectivity index (χ4v) is 6.39. The van der Waals surface area contributed by atoms with Gasteiger partial charge in [-0.25, -0.2) is 4.79 Å². The summed E-state index contributed by atoms with van der Waals surface area (Å²) in [4.78, 5) is 15.1. The fourth-order valence-electron chi connectivity index (χ4n) is 6.39. The van der Waals surface area contributed by atoms with Crippen LogP contribution in [0, 0.1) is 20.8 Å². The molecule has 6 nitrogen and oxygen atoms in total. The van der Waals surface area contributed by atoms with Crippen LogP contribution in [0.2, 0.25) is 0 Å². The van der Waals surface area contributed by atoms with Crippen LogP contribution in [0.1, 0.15) is 86.4 Å². The lowest BCUT2D eigenvalue weighted by Crippen LogP contribution is -2.41. The normalized spacial score (nSPS) is 19.3. The van der Waals surface area contributed by atoms with E-state index in [0.29, 0.717) is 0 Å². The van der Waals surface area contributed by atoms with E-state index in [0.717, 1.165) is 73.4 Å². The molecule has 3 aromatic rings. The molecule has 1 N–H and O–H groups in total. The van der Waals surface area contributed by atoms with E-state index in [-0.39, 0.29) is 17.8 Å². The molecule has 1 atom stereocenters. The zero-order valence-electron chi connectivity index (χ0n) is 27.0. The van der Waals surface area contributed by atoms with Crippen LogP contribution in [-0.2, 0) is 15.9 Å². The number of carbonyl (C=O) groups is 1. The van der Waals surface area contributed by atoms with E-state index in [2.05, 4.69) is 91.7 Å². The average Bonchev–Trinajstić information content (AvgIpc) is 3.35. The molecule has 230 valence electrons. The van der Waals surface area contributed by atoms with E-state index in [9.17, 15) is 4.79 Å². The van der Waals surface area contributed by atoms with Crippen LogP contribution in [0.25, 0.3) is 0 Å². The van der Waals surface area contributed by atoms with Gasteiger partial charge in [0.15, 0.2) is 0 Å². The topological polar surface area (TPSA) is 60.0 Å². The predicted molar refractivity (Wildman–Crippen MR) is 173 cm³/mol. The number of amides is 1. The molecule has 2 aliphatic heterocycles. The Bertz CT molecular complexity index is 1370. The molecule has 0 radical (unpaired) electrons. The second kappa shape index (κ2) is 12.7. The third kappa shape index (κ3) is 7.42. The summed E-state index contributed by atoms with van der Waals surface area (Å²) in [6.07, 6.45) is 3.56. The van der Waals surface area contributed by atoms with Crippen molar-refractivity contribution in [2.45, 2.75) is 97.6 Å². The van der Waals surface area contributed by atoms with Crippen molar-refractivity contribution in [2.24, 2.45) is 0 Å². The molecule has 0 spiro atoms. The Balaban J connectivity index is 1.18. The number of hydrogen-bond acceptors (Lipinski definition) is 5. The Morgan fingerprint density at radius 3 is 2.09 bits per heavy atom. The number of nitrogens with one attached hydrogen (secondary N) is 1. The van der Waals surface area contributed by atoms with Crippen molar-refractivity contribution in [3.63, 3.8) is 0 Å². The van der Waals surface area contributed by atoms with Gasteiger partial charge in [-0.15, -0.1) is 0 Å². The van der Waals surface area contributed by atoms with Crippen LogP contribution in [0.4, 0.5) is 10.5 Å². The van der Waals surface area contributed by atoms with Gasteiger partial charge in [-0.2, -0.15) is 0 Å². The van der Waals surface area contributed by atoms with Crippen LogP contribution in [-0.4, -0.2) is 47.9 Å². The summed E-state index contributed by atoms with van der Waals surface area (Å²) in [5.41, 5.74) is 6.77. The van der Waals surface area contributed by atoms with Gasteiger partial charge in [-0.1, -0.05) is 60.7 Å². The zero-order chi connectivity index (χ0) is 30.8. The second-order valence-corrected chi connectivity index (χ2v) is 13.5. The van der Waals surface area contributed by atoms with Crippen LogP contribution >= 0.6 is 0 Å². The van der Waals surface area contributed by atoms with Gasteiger partial charge in [0.2, 0.25) is 0 Å². The highest BCUT2D eigenvalue weighted by Crippen LogP contribution is 2.45. The number of hydrogen-bond donors (Lipinski definition) is 1. The number of carbonyl (C=O) groups excluding carboxylic acids is 1. The molecule has 5 rings (SSSR count). The largest absolute Gasteiger partial charge is 0.487 e. The SMILES string of the molecule is Cc1c(C)c2c(c(C)c1NC(=O)OC(C)(C)C)CC(C)(CCN1CCC(OC(c3ccccc3)c3ccccc3)CC1)O2. The van der Waals surface area contributed by atoms with Crippen molar-refractivity contribution in [3.8, 4) is 5.75 Å². The lowest BCUT2D eigenvalue weighted by Gasteiger charge is -2.35. The number of piperidine rings is 1. The Morgan fingerprint density at radius 2 is 1.53 bits per heavy atom. The van der Waals surface area contributed by atoms with Gasteiger partial charge in [0.25, 0.3) is 0 Å². The molecule has 2 aliphatic rings. The summed E-state index contributed by atoms with van der Waals surface area (Å²) < 4.78 is 19.0. The minimum absolute atomic E-state index is 0.0483. The van der Waals surface area contributed by atoms with Crippen LogP contribution in [0.15, 0.2) is 60.7 Å². The zero-order valence-corrected chi connectivity index (χ0v) is 27.0. The Kier molecular flexibility index (Phi) is 9.19. The highest BCUT2D eigenvalue weighted by atomic mass is 16.6. The Hall–Kier alpha value is -3.35. The number of nitrogens with zero attached hydrogens (tertiary/aromatic N) is 1. The first kappa shape index (κ1) is 31.1. The van der Waals surface area contributed by atoms with Crippen molar-refractivity contribution < 1.29 is 19.0 Å². The summed E-state index contributed by atoms with van der Waals surface area (Å²) in [7, 11) is 0. The molecular weight excluding hydrogens is 536 g/mol. The number of rotatable bonds is 8. The van der Waals surface area contributed by atoms with Gasteiger partial charge in [0.1, 0.15) is 23.1 Å². The Morgan fingerprint density at radius 1 is 0.953 bits per heavy atom. The summed E-state index contributed by atoms with van der Waals surface area (Å²) >= 11 is 0. The number of ether oxygens (including phenoxy) is 3. The van der Waals surface area contributed by atoms with Gasteiger partial charge in [-0.3, -0.25) is 5.32 Å². The molecule has 0 bridgehead atoms. The highest BCUT2D eigenvalue weighted by Gasteiger charge is 2.39. The summed E-state index contributed by atoms with van der Waals surface area (Å²) in [5.74, 6) is 0.979. The van der Waals surface area contributed by atoms with E-state index >= 15 is 0 Å². The first-order valence-electron chi connectivity index (χ1n) is 15.7. The number of fused-ring (bicyclic) bond motifs is 1. The molecule has 0 aromatic heterocycles. The van der Waals surface area contributed by atoms with Crippen LogP contribution < -0.4 is 10.1 Å². The van der Waals surface area contributed by atoms with Crippen LogP contribution in [0.3, 0.4) is 0 Å². The smallest absolute Gasteiger partial charge is 0.412 e. The molecule has 0 saturated carbocycles. The van der Waals surface area contributed by atoms with E-state index in [4.69, 9.17) is 14.2 Å². The van der Waals surface area contributed by atoms with E-state index in [1.807, 2.05) is 27.7 Å². The molecule has 6 heteroatoms. The van der Waals surface area contributed by atoms with Gasteiger partial charge < -0.3 is 19.1 Å². The summed E-state index contributed by atoms with van der Waals surface area (Å²) in [6.45, 7) is 17.1. The van der Waals surface area contributed by atoms with Crippen molar-refractivity contribution in [1.29, 1.82) is 0 Å². The molecule has 1 saturated heterocycles. The average molecular weight is 585 g/mol. The maximum absolute atomic E-state index is 12.6. The van der Waals surface area contributed by atoms with Crippen molar-refractivity contribution >= 4 is 11.8 Å². The van der Waals surface area contributed by atoms with Gasteiger partial charge in [-0.05, 0) is 95.5 Å². The molecule has 1 unspecified atom stereocenters. The first-order valence-corrected chi connectivity index (χ1v) is 15.7. The maximum atomic E-state index is 12.6. The quantitative estimate of drug-likeness (QED) is 0.289. The molecule has 2 heterocycles. The van der Waals surface area contributed by atoms with E-state index in [1.54, 1.807) is 0 Å². The number of anilines is 1.